The van der Waals surface area contributed by atoms with Crippen molar-refractivity contribution in [3.8, 4) is 11.5 Å². The number of carboxylic acid groups (broad SMARTS) is 1. The molecular weight excluding hydrogens is 556 g/mol. The average molecular weight is 592 g/mol. The summed E-state index contributed by atoms with van der Waals surface area (Å²) in [6, 6.07) is 6.66. The zero-order chi connectivity index (χ0) is 27.7. The van der Waals surface area contributed by atoms with Gasteiger partial charge in [0.15, 0.2) is 12.4 Å². The standard InChI is InChI=1S/C27H34N4O6.BrH/c1-7-36-22-10-16-12-31(25(28)17(16)11-18(22)26(29)35)13-21(32)15-8-19(27(2,3)4)24(37-14-23(33)34)20(9-15)30(5)6;/h8-11,28H,7,12-14H2,1-6H3,(H2,29,35)(H,33,34);1H. The number of amidine groups is 1. The van der Waals surface area contributed by atoms with E-state index in [9.17, 15) is 14.4 Å². The van der Waals surface area contributed by atoms with Gasteiger partial charge in [0.1, 0.15) is 17.3 Å². The fraction of sp³-hybridized carbons (Fsp3) is 0.407. The normalized spacial score (nSPS) is 12.5. The number of carboxylic acids is 1. The number of nitrogens with zero attached hydrogens (tertiary/aromatic N) is 2. The van der Waals surface area contributed by atoms with E-state index in [2.05, 4.69) is 0 Å². The number of halogens is 1. The molecule has 11 heteroatoms. The van der Waals surface area contributed by atoms with E-state index in [0.717, 1.165) is 5.56 Å². The van der Waals surface area contributed by atoms with Gasteiger partial charge in [-0.25, -0.2) is 4.79 Å². The third-order valence-corrected chi connectivity index (χ3v) is 6.06. The lowest BCUT2D eigenvalue weighted by Crippen LogP contribution is -2.30. The summed E-state index contributed by atoms with van der Waals surface area (Å²) in [5, 5.41) is 17.8. The lowest BCUT2D eigenvalue weighted by atomic mass is 9.84. The van der Waals surface area contributed by atoms with Gasteiger partial charge in [0.25, 0.3) is 5.91 Å². The Balaban J connectivity index is 0.00000507. The molecule has 0 spiro atoms. The first-order chi connectivity index (χ1) is 17.2. The quantitative estimate of drug-likeness (QED) is 0.355. The third-order valence-electron chi connectivity index (χ3n) is 6.06. The molecule has 0 aromatic heterocycles. The molecule has 0 fully saturated rings. The number of anilines is 1. The van der Waals surface area contributed by atoms with E-state index in [1.54, 1.807) is 55.1 Å². The molecule has 1 aliphatic heterocycles. The molecule has 0 bridgehead atoms. The minimum absolute atomic E-state index is 0. The first-order valence-electron chi connectivity index (χ1n) is 11.9. The monoisotopic (exact) mass is 590 g/mol. The van der Waals surface area contributed by atoms with Crippen LogP contribution in [-0.2, 0) is 16.8 Å². The molecule has 3 rings (SSSR count). The van der Waals surface area contributed by atoms with Crippen LogP contribution < -0.4 is 20.1 Å². The number of nitrogens with two attached hydrogens (primary N) is 1. The van der Waals surface area contributed by atoms with Crippen molar-refractivity contribution in [3.63, 3.8) is 0 Å². The number of carbonyl (C=O) groups is 3. The lowest BCUT2D eigenvalue weighted by Gasteiger charge is -2.28. The Morgan fingerprint density at radius 3 is 2.32 bits per heavy atom. The van der Waals surface area contributed by atoms with Crippen molar-refractivity contribution in [3.05, 3.63) is 52.1 Å². The van der Waals surface area contributed by atoms with Gasteiger partial charge in [0, 0.05) is 37.3 Å². The van der Waals surface area contributed by atoms with Crippen LogP contribution in [0.2, 0.25) is 0 Å². The molecule has 10 nitrogen and oxygen atoms in total. The predicted octanol–water partition coefficient (Wildman–Crippen LogP) is 3.61. The zero-order valence-electron chi connectivity index (χ0n) is 22.5. The summed E-state index contributed by atoms with van der Waals surface area (Å²) in [5.41, 5.74) is 8.29. The molecule has 0 radical (unpaired) electrons. The molecule has 0 unspecified atom stereocenters. The summed E-state index contributed by atoms with van der Waals surface area (Å²) < 4.78 is 11.2. The Labute approximate surface area is 233 Å². The van der Waals surface area contributed by atoms with Crippen molar-refractivity contribution < 1.29 is 29.0 Å². The summed E-state index contributed by atoms with van der Waals surface area (Å²) in [6.45, 7) is 7.79. The molecule has 1 aliphatic rings. The second-order valence-corrected chi connectivity index (χ2v) is 10.1. The van der Waals surface area contributed by atoms with Gasteiger partial charge in [-0.15, -0.1) is 17.0 Å². The van der Waals surface area contributed by atoms with E-state index in [1.807, 2.05) is 20.8 Å². The highest BCUT2D eigenvalue weighted by atomic mass is 79.9. The number of rotatable bonds is 10. The minimum atomic E-state index is -1.09. The summed E-state index contributed by atoms with van der Waals surface area (Å²) in [7, 11) is 3.59. The van der Waals surface area contributed by atoms with Gasteiger partial charge in [0.2, 0.25) is 0 Å². The SMILES string of the molecule is Br.CCOc1cc2c(cc1C(N)=O)C(=N)N(CC(=O)c1cc(N(C)C)c(OCC(=O)O)c(C(C)(C)C)c1)C2. The number of primary amides is 1. The first-order valence-corrected chi connectivity index (χ1v) is 11.9. The van der Waals surface area contributed by atoms with Crippen molar-refractivity contribution in [2.45, 2.75) is 39.7 Å². The van der Waals surface area contributed by atoms with Crippen molar-refractivity contribution in [1.29, 1.82) is 5.41 Å². The highest BCUT2D eigenvalue weighted by Crippen LogP contribution is 2.40. The molecule has 1 amide bonds. The molecule has 0 saturated carbocycles. The van der Waals surface area contributed by atoms with Gasteiger partial charge < -0.3 is 30.1 Å². The average Bonchev–Trinajstić information content (AvgIpc) is 3.10. The topological polar surface area (TPSA) is 146 Å². The number of amides is 1. The van der Waals surface area contributed by atoms with Crippen LogP contribution in [-0.4, -0.2) is 67.4 Å². The number of ketones is 1. The smallest absolute Gasteiger partial charge is 0.341 e. The molecule has 0 saturated heterocycles. The second kappa shape index (κ2) is 11.8. The number of hydrogen-bond acceptors (Lipinski definition) is 7. The maximum atomic E-state index is 13.5. The summed E-state index contributed by atoms with van der Waals surface area (Å²) >= 11 is 0. The van der Waals surface area contributed by atoms with Crippen LogP contribution >= 0.6 is 17.0 Å². The molecule has 2 aromatic rings. The molecule has 0 atom stereocenters. The van der Waals surface area contributed by atoms with Crippen LogP contribution in [0.5, 0.6) is 11.5 Å². The third kappa shape index (κ3) is 6.45. The van der Waals surface area contributed by atoms with Gasteiger partial charge >= 0.3 is 5.97 Å². The van der Waals surface area contributed by atoms with Crippen molar-refractivity contribution in [2.24, 2.45) is 5.73 Å². The van der Waals surface area contributed by atoms with Gasteiger partial charge in [-0.05, 0) is 42.2 Å². The molecule has 38 heavy (non-hydrogen) atoms. The van der Waals surface area contributed by atoms with Gasteiger partial charge in [-0.3, -0.25) is 15.0 Å². The number of hydrogen-bond donors (Lipinski definition) is 3. The molecule has 206 valence electrons. The zero-order valence-corrected chi connectivity index (χ0v) is 24.2. The Morgan fingerprint density at radius 2 is 1.79 bits per heavy atom. The fourth-order valence-electron chi connectivity index (χ4n) is 4.24. The molecule has 2 aromatic carbocycles. The number of fused-ring (bicyclic) bond motifs is 1. The summed E-state index contributed by atoms with van der Waals surface area (Å²) in [6.07, 6.45) is 0. The highest BCUT2D eigenvalue weighted by Gasteiger charge is 2.30. The molecule has 1 heterocycles. The van der Waals surface area contributed by atoms with Gasteiger partial charge in [-0.2, -0.15) is 0 Å². The van der Waals surface area contributed by atoms with Crippen molar-refractivity contribution in [2.75, 3.05) is 38.8 Å². The molecule has 0 aliphatic carbocycles. The summed E-state index contributed by atoms with van der Waals surface area (Å²) in [4.78, 5) is 40.0. The Morgan fingerprint density at radius 1 is 1.13 bits per heavy atom. The van der Waals surface area contributed by atoms with Crippen LogP contribution in [0, 0.1) is 5.41 Å². The lowest BCUT2D eigenvalue weighted by molar-refractivity contribution is -0.139. The first kappa shape index (κ1) is 30.6. The number of ether oxygens (including phenoxy) is 2. The van der Waals surface area contributed by atoms with Gasteiger partial charge in [0.05, 0.1) is 24.4 Å². The predicted molar refractivity (Wildman–Crippen MR) is 151 cm³/mol. The Hall–Kier alpha value is -3.60. The number of Topliss-reactive ketones (excluding diaryl/α,β-unsaturated/α-hetero) is 1. The molecular formula is C27H35BrN4O6. The van der Waals surface area contributed by atoms with E-state index in [-0.39, 0.29) is 40.7 Å². The van der Waals surface area contributed by atoms with Gasteiger partial charge in [-0.1, -0.05) is 20.8 Å². The summed E-state index contributed by atoms with van der Waals surface area (Å²) in [5.74, 6) is -1.05. The van der Waals surface area contributed by atoms with Crippen LogP contribution in [0.4, 0.5) is 5.69 Å². The minimum Gasteiger partial charge on any atom is -0.493 e. The van der Waals surface area contributed by atoms with Crippen molar-refractivity contribution >= 4 is 46.2 Å². The number of benzene rings is 2. The van der Waals surface area contributed by atoms with E-state index >= 15 is 0 Å². The van der Waals surface area contributed by atoms with Crippen LogP contribution in [0.1, 0.15) is 65.1 Å². The van der Waals surface area contributed by atoms with Crippen LogP contribution in [0.15, 0.2) is 24.3 Å². The largest absolute Gasteiger partial charge is 0.493 e. The second-order valence-electron chi connectivity index (χ2n) is 10.1. The number of carbonyl (C=O) groups excluding carboxylic acids is 2. The maximum absolute atomic E-state index is 13.5. The number of nitrogens with one attached hydrogen (secondary N) is 1. The van der Waals surface area contributed by atoms with E-state index < -0.39 is 23.9 Å². The van der Waals surface area contributed by atoms with E-state index in [4.69, 9.17) is 25.7 Å². The van der Waals surface area contributed by atoms with E-state index in [0.29, 0.717) is 47.0 Å². The number of aliphatic carboxylic acids is 1. The Bertz CT molecular complexity index is 1270. The van der Waals surface area contributed by atoms with E-state index in [1.165, 1.54) is 0 Å². The maximum Gasteiger partial charge on any atom is 0.341 e. The Kier molecular flexibility index (Phi) is 9.55. The molecule has 4 N–H and O–H groups in total. The van der Waals surface area contributed by atoms with Crippen LogP contribution in [0.3, 0.4) is 0 Å². The van der Waals surface area contributed by atoms with Crippen LogP contribution in [0.25, 0.3) is 0 Å². The fourth-order valence-corrected chi connectivity index (χ4v) is 4.24. The van der Waals surface area contributed by atoms with Crippen molar-refractivity contribution in [1.82, 2.24) is 4.90 Å². The highest BCUT2D eigenvalue weighted by molar-refractivity contribution is 8.93.